The van der Waals surface area contributed by atoms with Crippen LogP contribution in [0.5, 0.6) is 0 Å². The fraction of sp³-hybridized carbons (Fsp3) is 0.273. The Labute approximate surface area is 82.7 Å². The zero-order valence-corrected chi connectivity index (χ0v) is 7.70. The van der Waals surface area contributed by atoms with Gasteiger partial charge in [-0.3, -0.25) is 5.26 Å². The molecular weight excluding hydrogens is 164 g/mol. The third kappa shape index (κ3) is 2.17. The molecule has 1 rings (SSSR count). The fourth-order valence-corrected chi connectivity index (χ4v) is 1.24. The van der Waals surface area contributed by atoms with Gasteiger partial charge in [-0.2, -0.15) is 0 Å². The summed E-state index contributed by atoms with van der Waals surface area (Å²) in [5, 5.41) is 3.93. The molecule has 1 unspecified atom stereocenters. The Hall–Kier alpha value is -1.12. The molecule has 13 heavy (non-hydrogen) atoms. The standard InChI is InChI=1S/C11H14O2/c1-8(2)11(13-12)10-7-5-4-6-9(10)3/h4-7,11-12H,1H2,2-3H3/i1D2/hD. The number of aryl methyl sites for hydroxylation is 1. The Morgan fingerprint density at radius 1 is 1.69 bits per heavy atom. The van der Waals surface area contributed by atoms with Crippen LogP contribution >= 0.6 is 0 Å². The van der Waals surface area contributed by atoms with Crippen molar-refractivity contribution in [1.82, 2.24) is 0 Å². The molecule has 0 radical (unpaired) electrons. The summed E-state index contributed by atoms with van der Waals surface area (Å²) < 4.78 is 21.1. The van der Waals surface area contributed by atoms with Crippen molar-refractivity contribution in [2.45, 2.75) is 20.0 Å². The third-order valence-electron chi connectivity index (χ3n) is 1.96. The molecule has 0 saturated heterocycles. The quantitative estimate of drug-likeness (QED) is 0.439. The van der Waals surface area contributed by atoms with Crippen LogP contribution in [0.1, 0.15) is 26.9 Å². The van der Waals surface area contributed by atoms with Gasteiger partial charge in [0.2, 0.25) is 0 Å². The zero-order chi connectivity index (χ0) is 12.1. The summed E-state index contributed by atoms with van der Waals surface area (Å²) in [6, 6.07) is 7.45. The fourth-order valence-electron chi connectivity index (χ4n) is 1.24. The van der Waals surface area contributed by atoms with Crippen molar-refractivity contribution in [3.8, 4) is 0 Å². The van der Waals surface area contributed by atoms with E-state index in [1.165, 1.54) is 0 Å². The molecule has 0 spiro atoms. The van der Waals surface area contributed by atoms with E-state index in [0.29, 0.717) is 5.57 Å². The lowest BCUT2D eigenvalue weighted by molar-refractivity contribution is -0.271. The normalized spacial score (nSPS) is 15.4. The highest BCUT2D eigenvalue weighted by molar-refractivity contribution is 5.31. The zero-order valence-electron chi connectivity index (χ0n) is 10.7. The maximum absolute atomic E-state index is 7.26. The van der Waals surface area contributed by atoms with Gasteiger partial charge in [-0.15, -0.1) is 0 Å². The maximum Gasteiger partial charge on any atom is 0.255 e. The lowest BCUT2D eigenvalue weighted by Gasteiger charge is -2.15. The van der Waals surface area contributed by atoms with E-state index < -0.39 is 6.10 Å². The second-order valence-electron chi connectivity index (χ2n) is 3.02. The van der Waals surface area contributed by atoms with Gasteiger partial charge in [0.25, 0.3) is 1.43 Å². The smallest absolute Gasteiger partial charge is 0.251 e. The molecule has 0 saturated carbocycles. The van der Waals surface area contributed by atoms with Crippen molar-refractivity contribution < 1.29 is 12.9 Å². The van der Waals surface area contributed by atoms with Crippen molar-refractivity contribution in [3.05, 3.63) is 47.5 Å². The molecule has 0 amide bonds. The van der Waals surface area contributed by atoms with E-state index >= 15 is 0 Å². The average molecular weight is 181 g/mol. The molecule has 1 atom stereocenters. The third-order valence-corrected chi connectivity index (χ3v) is 1.96. The molecule has 1 aromatic rings. The van der Waals surface area contributed by atoms with Crippen LogP contribution in [0.2, 0.25) is 0 Å². The number of benzene rings is 1. The molecule has 1 aromatic carbocycles. The molecule has 70 valence electrons. The summed E-state index contributed by atoms with van der Waals surface area (Å²) in [5.41, 5.74) is 2.16. The topological polar surface area (TPSA) is 29.5 Å². The molecule has 0 aliphatic heterocycles. The summed E-state index contributed by atoms with van der Waals surface area (Å²) in [7, 11) is 0. The van der Waals surface area contributed by atoms with E-state index in [1.54, 1.807) is 6.92 Å². The van der Waals surface area contributed by atoms with Gasteiger partial charge in [-0.05, 0) is 30.5 Å². The lowest BCUT2D eigenvalue weighted by atomic mass is 9.99. The highest BCUT2D eigenvalue weighted by Gasteiger charge is 2.14. The van der Waals surface area contributed by atoms with Crippen LogP contribution < -0.4 is 0 Å². The SMILES string of the molecule is [2H]OOC(C(C)=C([2H])[2H])c1ccccc1C. The van der Waals surface area contributed by atoms with Gasteiger partial charge in [-0.25, -0.2) is 4.89 Å². The average Bonchev–Trinajstić information content (AvgIpc) is 2.26. The number of rotatable bonds is 4. The van der Waals surface area contributed by atoms with E-state index in [9.17, 15) is 0 Å². The van der Waals surface area contributed by atoms with Gasteiger partial charge in [-0.1, -0.05) is 30.8 Å². The molecular formula is C11H14O2. The van der Waals surface area contributed by atoms with Crippen molar-refractivity contribution in [2.75, 3.05) is 0 Å². The van der Waals surface area contributed by atoms with E-state index in [2.05, 4.69) is 5.26 Å². The molecule has 0 aromatic heterocycles. The second-order valence-corrected chi connectivity index (χ2v) is 3.02. The Morgan fingerprint density at radius 3 is 3.08 bits per heavy atom. The van der Waals surface area contributed by atoms with Crippen LogP contribution in [0.15, 0.2) is 36.4 Å². The van der Waals surface area contributed by atoms with Gasteiger partial charge in [0, 0.05) is 0 Å². The molecule has 2 nitrogen and oxygen atoms in total. The Kier molecular flexibility index (Phi) is 2.06. The van der Waals surface area contributed by atoms with E-state index in [-0.39, 0.29) is 6.53 Å². The first-order valence-corrected chi connectivity index (χ1v) is 4.06. The molecule has 0 aliphatic carbocycles. The molecule has 1 N–H and O–H groups in total. The van der Waals surface area contributed by atoms with Crippen LogP contribution in [-0.2, 0) is 4.89 Å². The highest BCUT2D eigenvalue weighted by atomic mass is 17.1. The van der Waals surface area contributed by atoms with Crippen LogP contribution in [0.3, 0.4) is 0 Å². The highest BCUT2D eigenvalue weighted by Crippen LogP contribution is 2.25. The molecule has 0 aliphatic rings. The van der Waals surface area contributed by atoms with Crippen LogP contribution in [0.4, 0.5) is 0 Å². The predicted molar refractivity (Wildman–Crippen MR) is 52.4 cm³/mol. The van der Waals surface area contributed by atoms with Gasteiger partial charge >= 0.3 is 0 Å². The Balaban J connectivity index is 3.13. The minimum Gasteiger partial charge on any atom is -0.251 e. The van der Waals surface area contributed by atoms with Crippen LogP contribution in [0.25, 0.3) is 1.43 Å². The predicted octanol–water partition coefficient (Wildman–Crippen LogP) is 3.10. The first kappa shape index (κ1) is 6.35. The monoisotopic (exact) mass is 181 g/mol. The van der Waals surface area contributed by atoms with Gasteiger partial charge < -0.3 is 0 Å². The van der Waals surface area contributed by atoms with E-state index in [1.807, 2.05) is 31.2 Å². The van der Waals surface area contributed by atoms with E-state index in [0.717, 1.165) is 11.1 Å². The van der Waals surface area contributed by atoms with Crippen LogP contribution in [0, 0.1) is 6.92 Å². The lowest BCUT2D eigenvalue weighted by Crippen LogP contribution is -2.04. The second kappa shape index (κ2) is 4.21. The van der Waals surface area contributed by atoms with Crippen molar-refractivity contribution in [3.63, 3.8) is 0 Å². The number of hydrogen-bond acceptors (Lipinski definition) is 2. The van der Waals surface area contributed by atoms with Gasteiger partial charge in [0.15, 0.2) is 0 Å². The van der Waals surface area contributed by atoms with Crippen molar-refractivity contribution in [1.29, 1.82) is 1.43 Å². The summed E-state index contributed by atoms with van der Waals surface area (Å²) in [5.74, 6) is 0. The molecule has 0 heterocycles. The van der Waals surface area contributed by atoms with E-state index in [4.69, 9.17) is 9.06 Å². The maximum atomic E-state index is 7.26. The van der Waals surface area contributed by atoms with Gasteiger partial charge in [0.1, 0.15) is 6.10 Å². The largest absolute Gasteiger partial charge is 0.255 e. The van der Waals surface area contributed by atoms with Crippen molar-refractivity contribution >= 4 is 0 Å². The Bertz CT molecular complexity index is 387. The molecule has 0 bridgehead atoms. The molecule has 2 heteroatoms. The number of hydrogen-bond donors (Lipinski definition) is 1. The van der Waals surface area contributed by atoms with Crippen LogP contribution in [-0.4, -0.2) is 5.26 Å². The minimum absolute atomic E-state index is 0.328. The summed E-state index contributed by atoms with van der Waals surface area (Å²) in [4.78, 5) is 4.80. The molecule has 0 fully saturated rings. The summed E-state index contributed by atoms with van der Waals surface area (Å²) in [6.07, 6.45) is -0.677. The summed E-state index contributed by atoms with van der Waals surface area (Å²) in [6.45, 7) is 3.19. The minimum atomic E-state index is -0.677. The first-order chi connectivity index (χ1) is 7.57. The van der Waals surface area contributed by atoms with Crippen molar-refractivity contribution in [2.24, 2.45) is 0 Å². The summed E-state index contributed by atoms with van der Waals surface area (Å²) >= 11 is 0. The Morgan fingerprint density at radius 2 is 2.46 bits per heavy atom. The van der Waals surface area contributed by atoms with Gasteiger partial charge in [0.05, 0.1) is 2.74 Å². The first-order valence-electron chi connectivity index (χ1n) is 5.47.